The summed E-state index contributed by atoms with van der Waals surface area (Å²) >= 11 is 3.12. The molecule has 0 radical (unpaired) electrons. The zero-order chi connectivity index (χ0) is 10.9. The summed E-state index contributed by atoms with van der Waals surface area (Å²) in [4.78, 5) is -0.115. The monoisotopic (exact) mass is 253 g/mol. The van der Waals surface area contributed by atoms with E-state index in [1.54, 1.807) is 0 Å². The van der Waals surface area contributed by atoms with Crippen molar-refractivity contribution in [3.63, 3.8) is 0 Å². The SMILES string of the molecule is CS(=O)(=O)c1ccc(S(=O)[O-])c(Cl)c1. The highest BCUT2D eigenvalue weighted by Gasteiger charge is 2.09. The molecule has 7 heteroatoms. The number of rotatable bonds is 2. The zero-order valence-electron chi connectivity index (χ0n) is 7.06. The lowest BCUT2D eigenvalue weighted by Gasteiger charge is -2.08. The second-order valence-corrected chi connectivity index (χ2v) is 5.93. The molecule has 1 atom stereocenters. The van der Waals surface area contributed by atoms with Gasteiger partial charge in [0.25, 0.3) is 0 Å². The second-order valence-electron chi connectivity index (χ2n) is 2.60. The van der Waals surface area contributed by atoms with Crippen molar-refractivity contribution in [3.8, 4) is 0 Å². The van der Waals surface area contributed by atoms with Gasteiger partial charge < -0.3 is 4.55 Å². The first-order valence-corrected chi connectivity index (χ1v) is 6.75. The van der Waals surface area contributed by atoms with Crippen molar-refractivity contribution < 1.29 is 17.2 Å². The summed E-state index contributed by atoms with van der Waals surface area (Å²) in [6.45, 7) is 0. The van der Waals surface area contributed by atoms with E-state index >= 15 is 0 Å². The van der Waals surface area contributed by atoms with E-state index in [1.807, 2.05) is 0 Å². The van der Waals surface area contributed by atoms with Crippen LogP contribution in [0, 0.1) is 0 Å². The quantitative estimate of drug-likeness (QED) is 0.737. The Labute approximate surface area is 89.1 Å². The first-order chi connectivity index (χ1) is 6.32. The third kappa shape index (κ3) is 2.54. The fourth-order valence-electron chi connectivity index (χ4n) is 0.847. The van der Waals surface area contributed by atoms with Gasteiger partial charge in [0.1, 0.15) is 0 Å². The highest BCUT2D eigenvalue weighted by atomic mass is 35.5. The molecule has 1 unspecified atom stereocenters. The van der Waals surface area contributed by atoms with Crippen LogP contribution in [0.4, 0.5) is 0 Å². The van der Waals surface area contributed by atoms with Crippen LogP contribution in [0.2, 0.25) is 5.02 Å². The third-order valence-corrected chi connectivity index (χ3v) is 3.76. The molecule has 0 saturated carbocycles. The highest BCUT2D eigenvalue weighted by Crippen LogP contribution is 2.22. The Bertz CT molecular complexity index is 480. The lowest BCUT2D eigenvalue weighted by Crippen LogP contribution is -1.98. The summed E-state index contributed by atoms with van der Waals surface area (Å²) in [7, 11) is -3.35. The number of halogens is 1. The second kappa shape index (κ2) is 3.98. The first kappa shape index (κ1) is 11.6. The molecule has 4 nitrogen and oxygen atoms in total. The van der Waals surface area contributed by atoms with Crippen LogP contribution < -0.4 is 0 Å². The highest BCUT2D eigenvalue weighted by molar-refractivity contribution is 7.90. The molecule has 0 N–H and O–H groups in total. The van der Waals surface area contributed by atoms with Crippen LogP contribution in [0.25, 0.3) is 0 Å². The van der Waals surface area contributed by atoms with Crippen LogP contribution in [-0.2, 0) is 20.9 Å². The summed E-state index contributed by atoms with van der Waals surface area (Å²) in [6.07, 6.45) is 1.02. The summed E-state index contributed by atoms with van der Waals surface area (Å²) < 4.78 is 43.2. The third-order valence-electron chi connectivity index (χ3n) is 1.51. The molecule has 0 saturated heterocycles. The number of sulfone groups is 1. The molecule has 0 heterocycles. The summed E-state index contributed by atoms with van der Waals surface area (Å²) in [5.41, 5.74) is 0. The maximum Gasteiger partial charge on any atom is 0.175 e. The fraction of sp³-hybridized carbons (Fsp3) is 0.143. The molecule has 0 fully saturated rings. The molecular weight excluding hydrogens is 248 g/mol. The van der Waals surface area contributed by atoms with Crippen LogP contribution in [0.15, 0.2) is 28.0 Å². The summed E-state index contributed by atoms with van der Waals surface area (Å²) in [5.74, 6) is 0. The van der Waals surface area contributed by atoms with Crippen molar-refractivity contribution in [1.82, 2.24) is 0 Å². The Morgan fingerprint density at radius 1 is 1.43 bits per heavy atom. The number of hydrogen-bond acceptors (Lipinski definition) is 4. The minimum atomic E-state index is -3.35. The Balaban J connectivity index is 3.34. The van der Waals surface area contributed by atoms with Gasteiger partial charge in [-0.2, -0.15) is 0 Å². The Morgan fingerprint density at radius 2 is 2.00 bits per heavy atom. The van der Waals surface area contributed by atoms with Crippen molar-refractivity contribution in [2.45, 2.75) is 9.79 Å². The van der Waals surface area contributed by atoms with E-state index in [-0.39, 0.29) is 14.8 Å². The lowest BCUT2D eigenvalue weighted by molar-refractivity contribution is 0.537. The molecular formula is C7H6ClO4S2-. The molecule has 0 spiro atoms. The fourth-order valence-corrected chi connectivity index (χ4v) is 2.33. The van der Waals surface area contributed by atoms with Crippen molar-refractivity contribution in [2.75, 3.05) is 6.26 Å². The molecule has 78 valence electrons. The van der Waals surface area contributed by atoms with Crippen LogP contribution in [-0.4, -0.2) is 23.4 Å². The molecule has 0 aliphatic carbocycles. The predicted molar refractivity (Wildman–Crippen MR) is 51.7 cm³/mol. The van der Waals surface area contributed by atoms with Gasteiger partial charge in [-0.25, -0.2) is 8.42 Å². The Morgan fingerprint density at radius 3 is 2.36 bits per heavy atom. The molecule has 1 aromatic carbocycles. The number of benzene rings is 1. The van der Waals surface area contributed by atoms with Gasteiger partial charge in [-0.05, 0) is 29.3 Å². The minimum absolute atomic E-state index is 0.00306. The van der Waals surface area contributed by atoms with Gasteiger partial charge in [-0.15, -0.1) is 0 Å². The van der Waals surface area contributed by atoms with Crippen molar-refractivity contribution >= 4 is 32.5 Å². The molecule has 1 rings (SSSR count). The first-order valence-electron chi connectivity index (χ1n) is 3.41. The van der Waals surface area contributed by atoms with Gasteiger partial charge in [0.2, 0.25) is 0 Å². The van der Waals surface area contributed by atoms with Crippen molar-refractivity contribution in [2.24, 2.45) is 0 Å². The van der Waals surface area contributed by atoms with Crippen molar-refractivity contribution in [3.05, 3.63) is 23.2 Å². The molecule has 0 amide bonds. The average Bonchev–Trinajstić information content (AvgIpc) is 2.01. The standard InChI is InChI=1S/C7H7ClO4S2/c1-14(11,12)5-2-3-7(13(9)10)6(8)4-5/h2-4H,1H3,(H,9,10)/p-1. The molecule has 0 aliphatic rings. The van der Waals surface area contributed by atoms with Gasteiger partial charge >= 0.3 is 0 Å². The molecule has 0 bridgehead atoms. The smallest absolute Gasteiger partial charge is 0.175 e. The topological polar surface area (TPSA) is 74.3 Å². The van der Waals surface area contributed by atoms with Crippen molar-refractivity contribution in [1.29, 1.82) is 0 Å². The van der Waals surface area contributed by atoms with E-state index in [1.165, 1.54) is 6.07 Å². The largest absolute Gasteiger partial charge is 0.768 e. The average molecular weight is 254 g/mol. The van der Waals surface area contributed by atoms with Crippen LogP contribution in [0.1, 0.15) is 0 Å². The van der Waals surface area contributed by atoms with Gasteiger partial charge in [0.05, 0.1) is 9.92 Å². The van der Waals surface area contributed by atoms with E-state index in [2.05, 4.69) is 0 Å². The van der Waals surface area contributed by atoms with Gasteiger partial charge in [0.15, 0.2) is 9.84 Å². The maximum atomic E-state index is 11.1. The summed E-state index contributed by atoms with van der Waals surface area (Å²) in [6, 6.07) is 3.47. The van der Waals surface area contributed by atoms with Gasteiger partial charge in [0, 0.05) is 11.2 Å². The molecule has 1 aromatic rings. The van der Waals surface area contributed by atoms with Crippen LogP contribution >= 0.6 is 11.6 Å². The van der Waals surface area contributed by atoms with E-state index in [0.717, 1.165) is 18.4 Å². The van der Waals surface area contributed by atoms with E-state index in [9.17, 15) is 17.2 Å². The minimum Gasteiger partial charge on any atom is -0.768 e. The summed E-state index contributed by atoms with van der Waals surface area (Å²) in [5, 5.41) is -0.0961. The van der Waals surface area contributed by atoms with Gasteiger partial charge in [-0.1, -0.05) is 11.6 Å². The zero-order valence-corrected chi connectivity index (χ0v) is 9.45. The van der Waals surface area contributed by atoms with E-state index in [4.69, 9.17) is 11.6 Å². The van der Waals surface area contributed by atoms with Crippen LogP contribution in [0.3, 0.4) is 0 Å². The van der Waals surface area contributed by atoms with Crippen LogP contribution in [0.5, 0.6) is 0 Å². The normalized spacial score (nSPS) is 13.9. The van der Waals surface area contributed by atoms with E-state index in [0.29, 0.717) is 0 Å². The predicted octanol–water partition coefficient (Wildman–Crippen LogP) is 0.982. The maximum absolute atomic E-state index is 11.1. The molecule has 0 aromatic heterocycles. The molecule has 14 heavy (non-hydrogen) atoms. The lowest BCUT2D eigenvalue weighted by atomic mass is 10.4. The van der Waals surface area contributed by atoms with E-state index < -0.39 is 20.9 Å². The Hall–Kier alpha value is -0.430. The van der Waals surface area contributed by atoms with Gasteiger partial charge in [-0.3, -0.25) is 4.21 Å². The number of hydrogen-bond donors (Lipinski definition) is 0. The molecule has 0 aliphatic heterocycles. The Kier molecular flexibility index (Phi) is 3.31.